The van der Waals surface area contributed by atoms with Crippen LogP contribution in [0, 0.1) is 11.3 Å². The third kappa shape index (κ3) is 4.70. The fourth-order valence-corrected chi connectivity index (χ4v) is 4.94. The minimum Gasteiger partial charge on any atom is -0.422 e. The second-order valence-electron chi connectivity index (χ2n) is 8.24. The summed E-state index contributed by atoms with van der Waals surface area (Å²) < 4.78 is 5.30. The Hall–Kier alpha value is -4.47. The minimum absolute atomic E-state index is 0.0313. The van der Waals surface area contributed by atoms with Gasteiger partial charge < -0.3 is 4.42 Å². The molecule has 174 valence electrons. The smallest absolute Gasteiger partial charge is 0.347 e. The number of pyridine rings is 1. The van der Waals surface area contributed by atoms with Crippen molar-refractivity contribution >= 4 is 28.5 Å². The lowest BCUT2D eigenvalue weighted by molar-refractivity contribution is 0.101. The third-order valence-electron chi connectivity index (χ3n) is 5.80. The monoisotopic (exact) mass is 488 g/mol. The Kier molecular flexibility index (Phi) is 6.48. The number of hydrogen-bond donors (Lipinski definition) is 0. The molecule has 0 saturated heterocycles. The Morgan fingerprint density at radius 1 is 0.944 bits per heavy atom. The highest BCUT2D eigenvalue weighted by Crippen LogP contribution is 2.35. The molecule has 0 atom stereocenters. The van der Waals surface area contributed by atoms with E-state index in [0.29, 0.717) is 27.3 Å². The molecule has 5 rings (SSSR count). The predicted molar refractivity (Wildman–Crippen MR) is 142 cm³/mol. The van der Waals surface area contributed by atoms with Crippen LogP contribution in [0.3, 0.4) is 0 Å². The molecule has 0 aliphatic carbocycles. The number of nitrogens with zero attached hydrogens (tertiary/aromatic N) is 2. The van der Waals surface area contributed by atoms with E-state index in [0.717, 1.165) is 27.9 Å². The Labute approximate surface area is 212 Å². The molecule has 3 aromatic carbocycles. The number of hydrogen-bond acceptors (Lipinski definition) is 6. The van der Waals surface area contributed by atoms with E-state index in [-0.39, 0.29) is 11.3 Å². The highest BCUT2D eigenvalue weighted by atomic mass is 32.2. The van der Waals surface area contributed by atoms with Crippen LogP contribution >= 0.6 is 11.8 Å². The molecule has 0 bridgehead atoms. The largest absolute Gasteiger partial charge is 0.422 e. The van der Waals surface area contributed by atoms with Gasteiger partial charge in [-0.3, -0.25) is 4.79 Å². The summed E-state index contributed by atoms with van der Waals surface area (Å²) in [7, 11) is 0. The summed E-state index contributed by atoms with van der Waals surface area (Å²) in [6.07, 6.45) is 0. The maximum absolute atomic E-state index is 12.0. The molecule has 0 radical (unpaired) electrons. The van der Waals surface area contributed by atoms with E-state index in [4.69, 9.17) is 9.40 Å². The second-order valence-corrected chi connectivity index (χ2v) is 9.21. The van der Waals surface area contributed by atoms with Crippen LogP contribution in [0.5, 0.6) is 0 Å². The normalized spacial score (nSPS) is 10.8. The number of nitriles is 1. The molecular weight excluding hydrogens is 468 g/mol. The summed E-state index contributed by atoms with van der Waals surface area (Å²) >= 11 is 1.47. The molecule has 0 saturated carbocycles. The second kappa shape index (κ2) is 10.0. The van der Waals surface area contributed by atoms with Gasteiger partial charge in [-0.1, -0.05) is 66.7 Å². The zero-order valence-corrected chi connectivity index (χ0v) is 20.2. The van der Waals surface area contributed by atoms with Crippen molar-refractivity contribution in [2.45, 2.75) is 17.7 Å². The number of Topliss-reactive ketones (excluding diaryl/α,β-unsaturated/α-hetero) is 1. The number of thioether (sulfide) groups is 1. The molecule has 2 aromatic heterocycles. The number of carbonyl (C=O) groups excluding carboxylic acids is 1. The molecule has 5 nitrogen and oxygen atoms in total. The summed E-state index contributed by atoms with van der Waals surface area (Å²) in [5.74, 6) is 0.206. The van der Waals surface area contributed by atoms with Crippen LogP contribution in [-0.4, -0.2) is 10.8 Å². The summed E-state index contributed by atoms with van der Waals surface area (Å²) in [4.78, 5) is 28.6. The van der Waals surface area contributed by atoms with Gasteiger partial charge in [-0.2, -0.15) is 5.26 Å². The fourth-order valence-electron chi connectivity index (χ4n) is 4.00. The molecule has 0 N–H and O–H groups in total. The lowest BCUT2D eigenvalue weighted by Gasteiger charge is -2.13. The lowest BCUT2D eigenvalue weighted by atomic mass is 9.99. The standard InChI is InChI=1S/C30H20N2O3S/c1-19(33)24-15-23-14-20(12-13-28(23)35-30(24)34)18-36-29-26(17-31)25(21-8-4-2-5-9-21)16-27(32-29)22-10-6-3-7-11-22/h2-16H,18H2,1H3. The van der Waals surface area contributed by atoms with Gasteiger partial charge in [-0.05, 0) is 42.3 Å². The molecule has 36 heavy (non-hydrogen) atoms. The first-order chi connectivity index (χ1) is 17.5. The molecule has 0 unspecified atom stereocenters. The molecule has 0 spiro atoms. The quantitative estimate of drug-likeness (QED) is 0.147. The van der Waals surface area contributed by atoms with Crippen LogP contribution in [-0.2, 0) is 5.75 Å². The van der Waals surface area contributed by atoms with Crippen LogP contribution < -0.4 is 5.63 Å². The molecular formula is C30H20N2O3S. The first-order valence-electron chi connectivity index (χ1n) is 11.3. The first kappa shape index (κ1) is 23.3. The lowest BCUT2D eigenvalue weighted by Crippen LogP contribution is -2.10. The van der Waals surface area contributed by atoms with Gasteiger partial charge in [0.1, 0.15) is 22.2 Å². The fraction of sp³-hybridized carbons (Fsp3) is 0.0667. The molecule has 6 heteroatoms. The SMILES string of the molecule is CC(=O)c1cc2cc(CSc3nc(-c4ccccc4)cc(-c4ccccc4)c3C#N)ccc2oc1=O. The van der Waals surface area contributed by atoms with E-state index < -0.39 is 5.63 Å². The van der Waals surface area contributed by atoms with E-state index in [2.05, 4.69) is 6.07 Å². The van der Waals surface area contributed by atoms with Gasteiger partial charge in [-0.25, -0.2) is 9.78 Å². The van der Waals surface area contributed by atoms with E-state index in [1.807, 2.05) is 78.9 Å². The van der Waals surface area contributed by atoms with Crippen LogP contribution in [0.1, 0.15) is 28.4 Å². The van der Waals surface area contributed by atoms with Crippen LogP contribution in [0.25, 0.3) is 33.4 Å². The van der Waals surface area contributed by atoms with Gasteiger partial charge in [0, 0.05) is 22.3 Å². The van der Waals surface area contributed by atoms with Crippen LogP contribution in [0.4, 0.5) is 0 Å². The van der Waals surface area contributed by atoms with Crippen molar-refractivity contribution < 1.29 is 9.21 Å². The maximum atomic E-state index is 12.0. The summed E-state index contributed by atoms with van der Waals surface area (Å²) in [6, 6.07) is 31.1. The molecule has 0 aliphatic rings. The van der Waals surface area contributed by atoms with Gasteiger partial charge in [0.2, 0.25) is 0 Å². The molecule has 2 heterocycles. The number of carbonyl (C=O) groups is 1. The average molecular weight is 489 g/mol. The number of ketones is 1. The summed E-state index contributed by atoms with van der Waals surface area (Å²) in [5.41, 5.74) is 4.85. The van der Waals surface area contributed by atoms with E-state index in [9.17, 15) is 14.9 Å². The number of fused-ring (bicyclic) bond motifs is 1. The topological polar surface area (TPSA) is 84.0 Å². The minimum atomic E-state index is -0.633. The molecule has 5 aromatic rings. The maximum Gasteiger partial charge on any atom is 0.347 e. The predicted octanol–water partition coefficient (Wildman–Crippen LogP) is 6.89. The van der Waals surface area contributed by atoms with Gasteiger partial charge in [-0.15, -0.1) is 11.8 Å². The number of rotatable bonds is 6. The average Bonchev–Trinajstić information content (AvgIpc) is 2.91. The van der Waals surface area contributed by atoms with Crippen molar-refractivity contribution in [2.75, 3.05) is 0 Å². The molecule has 0 fully saturated rings. The van der Waals surface area contributed by atoms with Crippen molar-refractivity contribution in [3.05, 3.63) is 118 Å². The third-order valence-corrected chi connectivity index (χ3v) is 6.85. The van der Waals surface area contributed by atoms with E-state index >= 15 is 0 Å². The van der Waals surface area contributed by atoms with E-state index in [1.165, 1.54) is 18.7 Å². The first-order valence-corrected chi connectivity index (χ1v) is 12.3. The molecule has 0 amide bonds. The van der Waals surface area contributed by atoms with Gasteiger partial charge in [0.25, 0.3) is 0 Å². The van der Waals surface area contributed by atoms with Gasteiger partial charge in [0.05, 0.1) is 11.3 Å². The highest BCUT2D eigenvalue weighted by molar-refractivity contribution is 7.98. The van der Waals surface area contributed by atoms with Crippen molar-refractivity contribution in [2.24, 2.45) is 0 Å². The van der Waals surface area contributed by atoms with Crippen molar-refractivity contribution in [3.63, 3.8) is 0 Å². The van der Waals surface area contributed by atoms with Crippen molar-refractivity contribution in [1.29, 1.82) is 5.26 Å². The Bertz CT molecular complexity index is 1690. The van der Waals surface area contributed by atoms with Gasteiger partial charge in [0.15, 0.2) is 5.78 Å². The zero-order chi connectivity index (χ0) is 25.1. The van der Waals surface area contributed by atoms with E-state index in [1.54, 1.807) is 12.1 Å². The van der Waals surface area contributed by atoms with Gasteiger partial charge >= 0.3 is 5.63 Å². The number of benzene rings is 3. The van der Waals surface area contributed by atoms with Crippen molar-refractivity contribution in [3.8, 4) is 28.5 Å². The molecule has 0 aliphatic heterocycles. The van der Waals surface area contributed by atoms with Crippen molar-refractivity contribution in [1.82, 2.24) is 4.98 Å². The Morgan fingerprint density at radius 2 is 1.64 bits per heavy atom. The summed E-state index contributed by atoms with van der Waals surface area (Å²) in [6.45, 7) is 1.34. The number of aromatic nitrogens is 1. The highest BCUT2D eigenvalue weighted by Gasteiger charge is 2.16. The van der Waals surface area contributed by atoms with Crippen LogP contribution in [0.15, 0.2) is 105 Å². The zero-order valence-electron chi connectivity index (χ0n) is 19.4. The Balaban J connectivity index is 1.56. The summed E-state index contributed by atoms with van der Waals surface area (Å²) in [5, 5.41) is 11.4. The van der Waals surface area contributed by atoms with Crippen LogP contribution in [0.2, 0.25) is 0 Å². The Morgan fingerprint density at radius 3 is 2.31 bits per heavy atom.